The molecule has 6 heteroatoms. The van der Waals surface area contributed by atoms with Crippen LogP contribution in [0, 0.1) is 0 Å². The largest absolute Gasteiger partial charge is 0.462 e. The SMILES string of the molecule is CC/C=C\C/C=C\C/C=C\C/C=C\C/C=C\CC(=O)OC(COC(=O)CCCCCCC/C=C\C/C=C\CCCC)COC(=O)CCCCCCCCCCCCCCCCCCCCCCCCC/C=C\C/C=C\CCCCCCC. The molecule has 470 valence electrons. The van der Waals surface area contributed by atoms with Crippen LogP contribution in [-0.4, -0.2) is 37.2 Å². The molecule has 0 N–H and O–H groups in total. The van der Waals surface area contributed by atoms with E-state index < -0.39 is 12.1 Å². The standard InChI is InChI=1S/C76H130O6/c1-4-7-10-13-16-19-22-25-28-29-30-31-32-33-34-35-36-37-38-39-40-41-42-43-44-45-46-47-49-51-54-57-60-63-66-69-75(78)81-72-73(71-80-74(77)68-65-62-59-56-53-50-27-24-21-18-15-12-9-6-3)82-76(79)70-67-64-61-58-55-52-48-26-23-20-17-14-11-8-5-2/h8,11,15,17-18,20,22,24-27,29-30,48,55,58,64,67,73H,4-7,9-10,12-14,16,19,21,23,28,31-47,49-54,56-57,59-63,65-66,68-72H2,1-3H3/b11-8-,18-15-,20-17-,25-22-,27-24-,30-29-,48-26-,58-55-,67-64-. The zero-order chi connectivity index (χ0) is 59.2. The first-order valence-electron chi connectivity index (χ1n) is 34.9. The first kappa shape index (κ1) is 78.1. The van der Waals surface area contributed by atoms with Gasteiger partial charge in [-0.2, -0.15) is 0 Å². The maximum atomic E-state index is 12.8. The van der Waals surface area contributed by atoms with Crippen LogP contribution in [0.15, 0.2) is 109 Å². The number of unbranched alkanes of at least 4 members (excludes halogenated alkanes) is 35. The smallest absolute Gasteiger partial charge is 0.310 e. The molecule has 0 saturated carbocycles. The number of carbonyl (C=O) groups excluding carboxylic acids is 3. The van der Waals surface area contributed by atoms with Gasteiger partial charge in [-0.15, -0.1) is 0 Å². The second-order valence-corrected chi connectivity index (χ2v) is 23.1. The van der Waals surface area contributed by atoms with E-state index in [9.17, 15) is 14.4 Å². The summed E-state index contributed by atoms with van der Waals surface area (Å²) in [5.41, 5.74) is 0. The van der Waals surface area contributed by atoms with Crippen molar-refractivity contribution in [1.82, 2.24) is 0 Å². The van der Waals surface area contributed by atoms with Gasteiger partial charge in [0.1, 0.15) is 13.2 Å². The Morgan fingerprint density at radius 1 is 0.268 bits per heavy atom. The number of allylic oxidation sites excluding steroid dienone is 17. The molecule has 0 aliphatic heterocycles. The normalized spacial score (nSPS) is 12.8. The Kier molecular flexibility index (Phi) is 66.2. The molecule has 0 amide bonds. The molecule has 1 unspecified atom stereocenters. The first-order valence-corrected chi connectivity index (χ1v) is 34.9. The zero-order valence-corrected chi connectivity index (χ0v) is 54.0. The first-order chi connectivity index (χ1) is 40.5. The number of rotatable bonds is 63. The van der Waals surface area contributed by atoms with E-state index in [1.165, 1.54) is 193 Å². The van der Waals surface area contributed by atoms with Crippen molar-refractivity contribution < 1.29 is 28.6 Å². The fourth-order valence-electron chi connectivity index (χ4n) is 9.80. The topological polar surface area (TPSA) is 78.9 Å². The van der Waals surface area contributed by atoms with Crippen LogP contribution >= 0.6 is 0 Å². The molecule has 0 aromatic rings. The zero-order valence-electron chi connectivity index (χ0n) is 54.0. The molecule has 0 radical (unpaired) electrons. The predicted molar refractivity (Wildman–Crippen MR) is 357 cm³/mol. The molecule has 82 heavy (non-hydrogen) atoms. The minimum absolute atomic E-state index is 0.0931. The van der Waals surface area contributed by atoms with Crippen molar-refractivity contribution in [3.63, 3.8) is 0 Å². The molecule has 0 heterocycles. The molecular formula is C76H130O6. The second kappa shape index (κ2) is 69.6. The molecule has 0 rings (SSSR count). The summed E-state index contributed by atoms with van der Waals surface area (Å²) in [6.07, 6.45) is 96.0. The Labute approximate surface area is 508 Å². The Balaban J connectivity index is 4.16. The minimum atomic E-state index is -0.839. The van der Waals surface area contributed by atoms with Crippen molar-refractivity contribution in [1.29, 1.82) is 0 Å². The highest BCUT2D eigenvalue weighted by Gasteiger charge is 2.19. The highest BCUT2D eigenvalue weighted by atomic mass is 16.6. The van der Waals surface area contributed by atoms with Crippen LogP contribution in [0.5, 0.6) is 0 Å². The number of hydrogen-bond donors (Lipinski definition) is 0. The van der Waals surface area contributed by atoms with E-state index >= 15 is 0 Å². The summed E-state index contributed by atoms with van der Waals surface area (Å²) in [6, 6.07) is 0. The highest BCUT2D eigenvalue weighted by Crippen LogP contribution is 2.17. The van der Waals surface area contributed by atoms with Crippen LogP contribution in [0.2, 0.25) is 0 Å². The predicted octanol–water partition coefficient (Wildman–Crippen LogP) is 24.2. The maximum Gasteiger partial charge on any atom is 0.310 e. The van der Waals surface area contributed by atoms with Crippen molar-refractivity contribution in [2.75, 3.05) is 13.2 Å². The molecule has 0 bridgehead atoms. The van der Waals surface area contributed by atoms with Gasteiger partial charge in [-0.3, -0.25) is 14.4 Å². The van der Waals surface area contributed by atoms with Crippen LogP contribution in [0.3, 0.4) is 0 Å². The molecule has 0 saturated heterocycles. The quantitative estimate of drug-likeness (QED) is 0.0261. The summed E-state index contributed by atoms with van der Waals surface area (Å²) in [6.45, 7) is 6.40. The summed E-state index contributed by atoms with van der Waals surface area (Å²) in [5, 5.41) is 0. The third kappa shape index (κ3) is 66.9. The van der Waals surface area contributed by atoms with E-state index in [1.807, 2.05) is 6.08 Å². The van der Waals surface area contributed by atoms with E-state index in [1.54, 1.807) is 6.08 Å². The summed E-state index contributed by atoms with van der Waals surface area (Å²) in [4.78, 5) is 38.2. The number of carbonyl (C=O) groups is 3. The Bertz CT molecular complexity index is 1640. The van der Waals surface area contributed by atoms with Crippen molar-refractivity contribution in [3.05, 3.63) is 109 Å². The van der Waals surface area contributed by atoms with Crippen molar-refractivity contribution >= 4 is 17.9 Å². The number of ether oxygens (including phenoxy) is 3. The minimum Gasteiger partial charge on any atom is -0.462 e. The second-order valence-electron chi connectivity index (χ2n) is 23.1. The van der Waals surface area contributed by atoms with Crippen LogP contribution in [0.25, 0.3) is 0 Å². The molecule has 0 aliphatic rings. The Morgan fingerprint density at radius 2 is 0.524 bits per heavy atom. The molecule has 0 aromatic heterocycles. The van der Waals surface area contributed by atoms with Gasteiger partial charge >= 0.3 is 17.9 Å². The molecule has 0 spiro atoms. The maximum absolute atomic E-state index is 12.8. The van der Waals surface area contributed by atoms with Gasteiger partial charge < -0.3 is 14.2 Å². The van der Waals surface area contributed by atoms with Crippen molar-refractivity contribution in [3.8, 4) is 0 Å². The van der Waals surface area contributed by atoms with Gasteiger partial charge in [-0.25, -0.2) is 0 Å². The summed E-state index contributed by atoms with van der Waals surface area (Å²) >= 11 is 0. The molecule has 0 aliphatic carbocycles. The summed E-state index contributed by atoms with van der Waals surface area (Å²) in [5.74, 6) is -1.06. The van der Waals surface area contributed by atoms with Crippen LogP contribution in [0.1, 0.15) is 335 Å². The van der Waals surface area contributed by atoms with Gasteiger partial charge in [0.2, 0.25) is 0 Å². The lowest BCUT2D eigenvalue weighted by molar-refractivity contribution is -0.166. The van der Waals surface area contributed by atoms with Gasteiger partial charge in [-0.05, 0) is 103 Å². The lowest BCUT2D eigenvalue weighted by Crippen LogP contribution is -2.30. The van der Waals surface area contributed by atoms with Crippen molar-refractivity contribution in [2.24, 2.45) is 0 Å². The molecule has 1 atom stereocenters. The van der Waals surface area contributed by atoms with Crippen molar-refractivity contribution in [2.45, 2.75) is 341 Å². The monoisotopic (exact) mass is 1140 g/mol. The average Bonchev–Trinajstić information content (AvgIpc) is 3.47. The summed E-state index contributed by atoms with van der Waals surface area (Å²) in [7, 11) is 0. The third-order valence-electron chi connectivity index (χ3n) is 15.0. The van der Waals surface area contributed by atoms with Gasteiger partial charge in [0.15, 0.2) is 6.10 Å². The Morgan fingerprint density at radius 3 is 0.841 bits per heavy atom. The third-order valence-corrected chi connectivity index (χ3v) is 15.0. The summed E-state index contributed by atoms with van der Waals surface area (Å²) < 4.78 is 16.8. The van der Waals surface area contributed by atoms with Crippen LogP contribution in [0.4, 0.5) is 0 Å². The highest BCUT2D eigenvalue weighted by molar-refractivity contribution is 5.72. The molecule has 0 aromatic carbocycles. The van der Waals surface area contributed by atoms with E-state index in [2.05, 4.69) is 118 Å². The van der Waals surface area contributed by atoms with Gasteiger partial charge in [0, 0.05) is 12.8 Å². The van der Waals surface area contributed by atoms with Gasteiger partial charge in [-0.1, -0.05) is 323 Å². The number of hydrogen-bond acceptors (Lipinski definition) is 6. The lowest BCUT2D eigenvalue weighted by Gasteiger charge is -2.18. The average molecular weight is 1140 g/mol. The van der Waals surface area contributed by atoms with E-state index in [0.29, 0.717) is 12.8 Å². The van der Waals surface area contributed by atoms with Gasteiger partial charge in [0.25, 0.3) is 0 Å². The fourth-order valence-corrected chi connectivity index (χ4v) is 9.80. The van der Waals surface area contributed by atoms with Gasteiger partial charge in [0.05, 0.1) is 6.42 Å². The van der Waals surface area contributed by atoms with Crippen LogP contribution in [-0.2, 0) is 28.6 Å². The Hall–Kier alpha value is -3.93. The lowest BCUT2D eigenvalue weighted by atomic mass is 10.0. The molecule has 0 fully saturated rings. The molecular weight excluding hydrogens is 1010 g/mol. The van der Waals surface area contributed by atoms with E-state index in [4.69, 9.17) is 14.2 Å². The molecule has 6 nitrogen and oxygen atoms in total. The van der Waals surface area contributed by atoms with Crippen LogP contribution < -0.4 is 0 Å². The van der Waals surface area contributed by atoms with E-state index in [-0.39, 0.29) is 31.6 Å². The fraction of sp³-hybridized carbons (Fsp3) is 0.724. The number of esters is 3. The van der Waals surface area contributed by atoms with E-state index in [0.717, 1.165) is 103 Å².